The van der Waals surface area contributed by atoms with Gasteiger partial charge in [0.05, 0.1) is 23.8 Å². The lowest BCUT2D eigenvalue weighted by molar-refractivity contribution is 0.565. The van der Waals surface area contributed by atoms with E-state index in [1.807, 2.05) is 6.07 Å². The fourth-order valence-corrected chi connectivity index (χ4v) is 1.68. The first kappa shape index (κ1) is 8.91. The van der Waals surface area contributed by atoms with Crippen LogP contribution in [0.2, 0.25) is 0 Å². The van der Waals surface area contributed by atoms with Crippen molar-refractivity contribution in [3.05, 3.63) is 18.5 Å². The summed E-state index contributed by atoms with van der Waals surface area (Å²) < 4.78 is 0. The van der Waals surface area contributed by atoms with Crippen LogP contribution in [0.4, 0.5) is 11.4 Å². The van der Waals surface area contributed by atoms with Gasteiger partial charge in [-0.2, -0.15) is 4.99 Å². The number of isocyanates is 1. The van der Waals surface area contributed by atoms with Gasteiger partial charge in [-0.15, -0.1) is 0 Å². The number of nitrogens with zero attached hydrogens (tertiary/aromatic N) is 3. The molecule has 1 saturated heterocycles. The topological polar surface area (TPSA) is 45.6 Å². The zero-order valence-electron chi connectivity index (χ0n) is 7.81. The monoisotopic (exact) mass is 189 g/mol. The van der Waals surface area contributed by atoms with E-state index in [0.717, 1.165) is 18.8 Å². The second-order valence-electron chi connectivity index (χ2n) is 3.30. The Hall–Kier alpha value is -1.67. The first-order valence-electron chi connectivity index (χ1n) is 4.68. The number of anilines is 1. The Morgan fingerprint density at radius 2 is 2.14 bits per heavy atom. The predicted octanol–water partition coefficient (Wildman–Crippen LogP) is 1.65. The highest BCUT2D eigenvalue weighted by molar-refractivity contribution is 5.56. The lowest BCUT2D eigenvalue weighted by Gasteiger charge is -2.16. The molecule has 4 heteroatoms. The van der Waals surface area contributed by atoms with Crippen LogP contribution in [0.5, 0.6) is 0 Å². The van der Waals surface area contributed by atoms with Gasteiger partial charge in [-0.25, -0.2) is 4.79 Å². The Balaban J connectivity index is 2.24. The van der Waals surface area contributed by atoms with Crippen molar-refractivity contribution in [2.24, 2.45) is 4.99 Å². The van der Waals surface area contributed by atoms with Gasteiger partial charge in [0.25, 0.3) is 0 Å². The third-order valence-electron chi connectivity index (χ3n) is 2.36. The van der Waals surface area contributed by atoms with Crippen molar-refractivity contribution in [1.29, 1.82) is 0 Å². The quantitative estimate of drug-likeness (QED) is 0.525. The fourth-order valence-electron chi connectivity index (χ4n) is 1.68. The van der Waals surface area contributed by atoms with Gasteiger partial charge in [0, 0.05) is 13.1 Å². The summed E-state index contributed by atoms with van der Waals surface area (Å²) in [5.41, 5.74) is 1.61. The SMILES string of the molecule is O=C=Nc1cncc(N2CCCC2)c1. The molecule has 14 heavy (non-hydrogen) atoms. The molecule has 2 heterocycles. The fraction of sp³-hybridized carbons (Fsp3) is 0.400. The van der Waals surface area contributed by atoms with Crippen LogP contribution in [-0.2, 0) is 4.79 Å². The average molecular weight is 189 g/mol. The standard InChI is InChI=1S/C10H11N3O/c14-8-12-9-5-10(7-11-6-9)13-3-1-2-4-13/h5-7H,1-4H2. The van der Waals surface area contributed by atoms with Crippen LogP contribution in [0.3, 0.4) is 0 Å². The molecule has 0 amide bonds. The molecule has 1 aliphatic rings. The zero-order chi connectivity index (χ0) is 9.80. The summed E-state index contributed by atoms with van der Waals surface area (Å²) in [6, 6.07) is 1.86. The first-order valence-corrected chi connectivity index (χ1v) is 4.68. The van der Waals surface area contributed by atoms with E-state index in [2.05, 4.69) is 14.9 Å². The van der Waals surface area contributed by atoms with Gasteiger partial charge in [0.15, 0.2) is 0 Å². The minimum absolute atomic E-state index is 0.574. The maximum atomic E-state index is 10.1. The number of aliphatic imine (C=N–C) groups is 1. The van der Waals surface area contributed by atoms with Gasteiger partial charge in [-0.1, -0.05) is 0 Å². The smallest absolute Gasteiger partial charge is 0.240 e. The van der Waals surface area contributed by atoms with Crippen LogP contribution < -0.4 is 4.90 Å². The van der Waals surface area contributed by atoms with Crippen LogP contribution in [0, 0.1) is 0 Å². The van der Waals surface area contributed by atoms with E-state index >= 15 is 0 Å². The summed E-state index contributed by atoms with van der Waals surface area (Å²) in [5.74, 6) is 0. The predicted molar refractivity (Wildman–Crippen MR) is 53.5 cm³/mol. The lowest BCUT2D eigenvalue weighted by Crippen LogP contribution is -2.17. The van der Waals surface area contributed by atoms with Crippen LogP contribution in [0.25, 0.3) is 0 Å². The molecule has 4 nitrogen and oxygen atoms in total. The maximum Gasteiger partial charge on any atom is 0.240 e. The molecular weight excluding hydrogens is 178 g/mol. The second kappa shape index (κ2) is 4.03. The molecule has 1 aromatic rings. The van der Waals surface area contributed by atoms with Gasteiger partial charge in [-0.3, -0.25) is 4.98 Å². The molecule has 0 aromatic carbocycles. The van der Waals surface area contributed by atoms with Gasteiger partial charge >= 0.3 is 0 Å². The number of pyridine rings is 1. The van der Waals surface area contributed by atoms with Gasteiger partial charge in [0.2, 0.25) is 6.08 Å². The Morgan fingerprint density at radius 3 is 2.86 bits per heavy atom. The average Bonchev–Trinajstić information content (AvgIpc) is 2.71. The molecule has 1 aliphatic heterocycles. The van der Waals surface area contributed by atoms with Gasteiger partial charge < -0.3 is 4.90 Å². The maximum absolute atomic E-state index is 10.1. The third kappa shape index (κ3) is 1.80. The number of aromatic nitrogens is 1. The van der Waals surface area contributed by atoms with E-state index in [4.69, 9.17) is 0 Å². The van der Waals surface area contributed by atoms with Crippen LogP contribution >= 0.6 is 0 Å². The van der Waals surface area contributed by atoms with E-state index < -0.39 is 0 Å². The van der Waals surface area contributed by atoms with Gasteiger partial charge in [0.1, 0.15) is 0 Å². The molecule has 0 bridgehead atoms. The minimum Gasteiger partial charge on any atom is -0.370 e. The van der Waals surface area contributed by atoms with Crippen molar-refractivity contribution in [3.63, 3.8) is 0 Å². The van der Waals surface area contributed by atoms with E-state index in [0.29, 0.717) is 5.69 Å². The third-order valence-corrected chi connectivity index (χ3v) is 2.36. The molecule has 0 unspecified atom stereocenters. The molecule has 0 N–H and O–H groups in total. The summed E-state index contributed by atoms with van der Waals surface area (Å²) in [5, 5.41) is 0. The molecule has 1 aromatic heterocycles. The van der Waals surface area contributed by atoms with Crippen molar-refractivity contribution in [2.75, 3.05) is 18.0 Å². The number of hydrogen-bond acceptors (Lipinski definition) is 4. The van der Waals surface area contributed by atoms with Gasteiger partial charge in [-0.05, 0) is 18.9 Å². The molecule has 0 aliphatic carbocycles. The number of hydrogen-bond donors (Lipinski definition) is 0. The Labute approximate surface area is 82.3 Å². The lowest BCUT2D eigenvalue weighted by atomic mass is 10.3. The second-order valence-corrected chi connectivity index (χ2v) is 3.30. The van der Waals surface area contributed by atoms with E-state index in [1.54, 1.807) is 12.4 Å². The van der Waals surface area contributed by atoms with Crippen molar-refractivity contribution in [3.8, 4) is 0 Å². The highest BCUT2D eigenvalue weighted by atomic mass is 16.1. The molecule has 0 saturated carbocycles. The Kier molecular flexibility index (Phi) is 2.56. The summed E-state index contributed by atoms with van der Waals surface area (Å²) in [6.07, 6.45) is 7.33. The molecule has 0 spiro atoms. The minimum atomic E-state index is 0.574. The highest BCUT2D eigenvalue weighted by Crippen LogP contribution is 2.22. The molecular formula is C10H11N3O. The normalized spacial score (nSPS) is 15.3. The van der Waals surface area contributed by atoms with Crippen molar-refractivity contribution >= 4 is 17.5 Å². The molecule has 0 atom stereocenters. The number of rotatable bonds is 2. The van der Waals surface area contributed by atoms with Crippen molar-refractivity contribution in [2.45, 2.75) is 12.8 Å². The van der Waals surface area contributed by atoms with E-state index in [1.165, 1.54) is 18.9 Å². The summed E-state index contributed by atoms with van der Waals surface area (Å²) in [6.45, 7) is 2.13. The summed E-state index contributed by atoms with van der Waals surface area (Å²) in [7, 11) is 0. The Bertz CT molecular complexity index is 365. The van der Waals surface area contributed by atoms with E-state index in [-0.39, 0.29) is 0 Å². The molecule has 2 rings (SSSR count). The summed E-state index contributed by atoms with van der Waals surface area (Å²) >= 11 is 0. The highest BCUT2D eigenvalue weighted by Gasteiger charge is 2.12. The summed E-state index contributed by atoms with van der Waals surface area (Å²) in [4.78, 5) is 19.9. The largest absolute Gasteiger partial charge is 0.370 e. The molecule has 72 valence electrons. The van der Waals surface area contributed by atoms with Crippen molar-refractivity contribution < 1.29 is 4.79 Å². The first-order chi connectivity index (χ1) is 6.90. The number of carbonyl (C=O) groups excluding carboxylic acids is 1. The van der Waals surface area contributed by atoms with Crippen molar-refractivity contribution in [1.82, 2.24) is 4.98 Å². The Morgan fingerprint density at radius 1 is 1.36 bits per heavy atom. The molecule has 1 fully saturated rings. The van der Waals surface area contributed by atoms with Crippen LogP contribution in [-0.4, -0.2) is 24.2 Å². The molecule has 0 radical (unpaired) electrons. The zero-order valence-corrected chi connectivity index (χ0v) is 7.81. The van der Waals surface area contributed by atoms with Crippen LogP contribution in [0.15, 0.2) is 23.5 Å². The van der Waals surface area contributed by atoms with Crippen LogP contribution in [0.1, 0.15) is 12.8 Å². The van der Waals surface area contributed by atoms with E-state index in [9.17, 15) is 4.79 Å².